The third kappa shape index (κ3) is 2.85. The van der Waals surface area contributed by atoms with Crippen LogP contribution < -0.4 is 4.74 Å². The first-order valence-electron chi connectivity index (χ1n) is 6.18. The highest BCUT2D eigenvalue weighted by molar-refractivity contribution is 5.77. The van der Waals surface area contributed by atoms with Crippen molar-refractivity contribution in [2.75, 3.05) is 7.11 Å². The Hall–Kier alpha value is -2.62. The number of aryl methyl sites for hydroxylation is 1. The summed E-state index contributed by atoms with van der Waals surface area (Å²) in [7, 11) is 1.44. The van der Waals surface area contributed by atoms with Gasteiger partial charge in [-0.25, -0.2) is 0 Å². The summed E-state index contributed by atoms with van der Waals surface area (Å²) in [6, 6.07) is 13.2. The second-order valence-electron chi connectivity index (χ2n) is 4.35. The van der Waals surface area contributed by atoms with E-state index in [2.05, 4.69) is 0 Å². The molecule has 0 heterocycles. The Kier molecular flexibility index (Phi) is 4.15. The van der Waals surface area contributed by atoms with Gasteiger partial charge in [0.2, 0.25) is 0 Å². The van der Waals surface area contributed by atoms with Crippen LogP contribution in [0.25, 0.3) is 12.2 Å². The average molecular weight is 269 g/mol. The van der Waals surface area contributed by atoms with Crippen LogP contribution in [0.1, 0.15) is 16.7 Å². The number of methoxy groups -OCH3 is 1. The number of ether oxygens (including phenoxy) is 1. The lowest BCUT2D eigenvalue weighted by Gasteiger charge is -2.07. The summed E-state index contributed by atoms with van der Waals surface area (Å²) in [4.78, 5) is 10.9. The fraction of sp³-hybridized carbons (Fsp3) is 0.125. The van der Waals surface area contributed by atoms with Gasteiger partial charge in [0.25, 0.3) is 0 Å². The van der Waals surface area contributed by atoms with Crippen LogP contribution in [0.5, 0.6) is 5.75 Å². The van der Waals surface area contributed by atoms with E-state index >= 15 is 0 Å². The van der Waals surface area contributed by atoms with Gasteiger partial charge in [-0.3, -0.25) is 10.1 Å². The van der Waals surface area contributed by atoms with E-state index in [1.54, 1.807) is 19.1 Å². The molecule has 102 valence electrons. The van der Waals surface area contributed by atoms with Gasteiger partial charge in [-0.15, -0.1) is 0 Å². The third-order valence-electron chi connectivity index (χ3n) is 3.00. The molecule has 0 radical (unpaired) electrons. The van der Waals surface area contributed by atoms with Crippen molar-refractivity contribution in [2.24, 2.45) is 0 Å². The Labute approximate surface area is 117 Å². The topological polar surface area (TPSA) is 52.4 Å². The Morgan fingerprint density at radius 2 is 1.80 bits per heavy atom. The van der Waals surface area contributed by atoms with Crippen LogP contribution in [0.3, 0.4) is 0 Å². The van der Waals surface area contributed by atoms with Crippen LogP contribution in [0.4, 0.5) is 5.69 Å². The second-order valence-corrected chi connectivity index (χ2v) is 4.35. The summed E-state index contributed by atoms with van der Waals surface area (Å²) in [5.74, 6) is 0.310. The van der Waals surface area contributed by atoms with E-state index < -0.39 is 4.92 Å². The van der Waals surface area contributed by atoms with Crippen LogP contribution in [0.15, 0.2) is 42.5 Å². The minimum absolute atomic E-state index is 0.000295. The van der Waals surface area contributed by atoms with Crippen molar-refractivity contribution in [2.45, 2.75) is 6.92 Å². The standard InChI is InChI=1S/C16H15NO3/c1-12-8-10-14(15(17(18)19)16(12)20-2)11-9-13-6-4-3-5-7-13/h3-11H,1-2H3. The summed E-state index contributed by atoms with van der Waals surface area (Å²) < 4.78 is 5.15. The zero-order valence-corrected chi connectivity index (χ0v) is 11.4. The maximum Gasteiger partial charge on any atom is 0.318 e. The quantitative estimate of drug-likeness (QED) is 0.477. The number of hydrogen-bond donors (Lipinski definition) is 0. The summed E-state index contributed by atoms with van der Waals surface area (Å²) in [5, 5.41) is 11.3. The lowest BCUT2D eigenvalue weighted by atomic mass is 10.1. The first kappa shape index (κ1) is 13.8. The molecule has 4 heteroatoms. The molecule has 2 aromatic carbocycles. The molecule has 0 aliphatic carbocycles. The molecule has 0 saturated carbocycles. The molecule has 2 rings (SSSR count). The van der Waals surface area contributed by atoms with E-state index in [4.69, 9.17) is 4.74 Å². The van der Waals surface area contributed by atoms with Crippen molar-refractivity contribution in [3.05, 3.63) is 69.3 Å². The Morgan fingerprint density at radius 1 is 1.10 bits per heavy atom. The highest BCUT2D eigenvalue weighted by Crippen LogP contribution is 2.35. The number of rotatable bonds is 4. The van der Waals surface area contributed by atoms with Crippen LogP contribution in [0.2, 0.25) is 0 Å². The molecule has 0 aromatic heterocycles. The van der Waals surface area contributed by atoms with Crippen LogP contribution in [-0.2, 0) is 0 Å². The minimum Gasteiger partial charge on any atom is -0.490 e. The van der Waals surface area contributed by atoms with Gasteiger partial charge in [0.1, 0.15) is 0 Å². The van der Waals surface area contributed by atoms with Crippen molar-refractivity contribution in [1.29, 1.82) is 0 Å². The zero-order valence-electron chi connectivity index (χ0n) is 11.4. The SMILES string of the molecule is COc1c(C)ccc(C=Cc2ccccc2)c1[N+](=O)[O-]. The van der Waals surface area contributed by atoms with E-state index in [-0.39, 0.29) is 5.69 Å². The summed E-state index contributed by atoms with van der Waals surface area (Å²) in [6.07, 6.45) is 3.58. The van der Waals surface area contributed by atoms with Gasteiger partial charge < -0.3 is 4.74 Å². The van der Waals surface area contributed by atoms with E-state index in [0.29, 0.717) is 11.3 Å². The molecule has 0 aliphatic heterocycles. The minimum atomic E-state index is -0.406. The largest absolute Gasteiger partial charge is 0.490 e. The smallest absolute Gasteiger partial charge is 0.318 e. The van der Waals surface area contributed by atoms with Crippen molar-refractivity contribution >= 4 is 17.8 Å². The molecule has 0 saturated heterocycles. The predicted octanol–water partition coefficient (Wildman–Crippen LogP) is 4.08. The molecule has 0 spiro atoms. The van der Waals surface area contributed by atoms with Gasteiger partial charge in [0.05, 0.1) is 17.6 Å². The average Bonchev–Trinajstić information content (AvgIpc) is 2.46. The number of benzene rings is 2. The van der Waals surface area contributed by atoms with Gasteiger partial charge in [-0.05, 0) is 30.2 Å². The predicted molar refractivity (Wildman–Crippen MR) is 79.8 cm³/mol. The van der Waals surface area contributed by atoms with Crippen molar-refractivity contribution < 1.29 is 9.66 Å². The molecule has 0 unspecified atom stereocenters. The first-order valence-corrected chi connectivity index (χ1v) is 6.18. The summed E-state index contributed by atoms with van der Waals surface area (Å²) in [5.41, 5.74) is 2.26. The monoisotopic (exact) mass is 269 g/mol. The maximum absolute atomic E-state index is 11.3. The van der Waals surface area contributed by atoms with E-state index in [1.165, 1.54) is 7.11 Å². The molecular weight excluding hydrogens is 254 g/mol. The lowest BCUT2D eigenvalue weighted by molar-refractivity contribution is -0.386. The van der Waals surface area contributed by atoms with Gasteiger partial charge >= 0.3 is 5.69 Å². The molecule has 0 fully saturated rings. The van der Waals surface area contributed by atoms with Gasteiger partial charge in [-0.2, -0.15) is 0 Å². The maximum atomic E-state index is 11.3. The Bertz CT molecular complexity index is 648. The molecular formula is C16H15NO3. The van der Waals surface area contributed by atoms with Crippen LogP contribution in [0, 0.1) is 17.0 Å². The molecule has 0 amide bonds. The molecule has 20 heavy (non-hydrogen) atoms. The van der Waals surface area contributed by atoms with Crippen LogP contribution >= 0.6 is 0 Å². The first-order chi connectivity index (χ1) is 9.63. The summed E-state index contributed by atoms with van der Waals surface area (Å²) in [6.45, 7) is 1.79. The number of hydrogen-bond acceptors (Lipinski definition) is 3. The normalized spacial score (nSPS) is 10.7. The summed E-state index contributed by atoms with van der Waals surface area (Å²) >= 11 is 0. The van der Waals surface area contributed by atoms with Crippen molar-refractivity contribution in [3.8, 4) is 5.75 Å². The molecule has 0 aliphatic rings. The molecule has 0 atom stereocenters. The second kappa shape index (κ2) is 6.02. The molecule has 0 bridgehead atoms. The number of nitrogens with zero attached hydrogens (tertiary/aromatic N) is 1. The highest BCUT2D eigenvalue weighted by atomic mass is 16.6. The van der Waals surface area contributed by atoms with Gasteiger partial charge in [0, 0.05) is 0 Å². The molecule has 2 aromatic rings. The van der Waals surface area contributed by atoms with Crippen LogP contribution in [-0.4, -0.2) is 12.0 Å². The van der Waals surface area contributed by atoms with E-state index in [1.807, 2.05) is 42.5 Å². The molecule has 0 N–H and O–H groups in total. The Balaban J connectivity index is 2.47. The van der Waals surface area contributed by atoms with Gasteiger partial charge in [-0.1, -0.05) is 42.5 Å². The van der Waals surface area contributed by atoms with Crippen molar-refractivity contribution in [1.82, 2.24) is 0 Å². The van der Waals surface area contributed by atoms with E-state index in [9.17, 15) is 10.1 Å². The van der Waals surface area contributed by atoms with Crippen molar-refractivity contribution in [3.63, 3.8) is 0 Å². The third-order valence-corrected chi connectivity index (χ3v) is 3.00. The van der Waals surface area contributed by atoms with E-state index in [0.717, 1.165) is 11.1 Å². The fourth-order valence-corrected chi connectivity index (χ4v) is 2.02. The zero-order chi connectivity index (χ0) is 14.5. The number of nitro benzene ring substituents is 1. The molecule has 4 nitrogen and oxygen atoms in total. The lowest BCUT2D eigenvalue weighted by Crippen LogP contribution is -1.98. The Morgan fingerprint density at radius 3 is 2.40 bits per heavy atom. The highest BCUT2D eigenvalue weighted by Gasteiger charge is 2.21. The number of nitro groups is 1. The van der Waals surface area contributed by atoms with Gasteiger partial charge in [0.15, 0.2) is 5.75 Å². The fourth-order valence-electron chi connectivity index (χ4n) is 2.02.